The summed E-state index contributed by atoms with van der Waals surface area (Å²) in [4.78, 5) is 25.8. The predicted octanol–water partition coefficient (Wildman–Crippen LogP) is 4.97. The zero-order chi connectivity index (χ0) is 28.1. The summed E-state index contributed by atoms with van der Waals surface area (Å²) in [7, 11) is 0. The number of rotatable bonds is 6. The van der Waals surface area contributed by atoms with Crippen LogP contribution < -0.4 is 5.73 Å². The van der Waals surface area contributed by atoms with Crippen molar-refractivity contribution in [2.45, 2.75) is 111 Å². The Morgan fingerprint density at radius 1 is 0.974 bits per heavy atom. The number of likely N-dealkylation sites (tertiary alicyclic amines) is 1. The van der Waals surface area contributed by atoms with Gasteiger partial charge in [-0.15, -0.1) is 0 Å². The van der Waals surface area contributed by atoms with E-state index in [-0.39, 0.29) is 46.9 Å². The van der Waals surface area contributed by atoms with E-state index in [9.17, 15) is 19.8 Å². The number of aliphatic hydroxyl groups is 2. The molecule has 0 aromatic rings. The fraction of sp³-hybridized carbons (Fsp3) is 0.938. The van der Waals surface area contributed by atoms with E-state index >= 15 is 0 Å². The van der Waals surface area contributed by atoms with Crippen LogP contribution >= 0.6 is 0 Å². The van der Waals surface area contributed by atoms with Crippen molar-refractivity contribution in [3.8, 4) is 0 Å². The second-order valence-electron chi connectivity index (χ2n) is 14.7. The summed E-state index contributed by atoms with van der Waals surface area (Å²) >= 11 is 0. The largest absolute Gasteiger partial charge is 0.449 e. The molecule has 4 saturated carbocycles. The minimum absolute atomic E-state index is 0.131. The van der Waals surface area contributed by atoms with Gasteiger partial charge in [-0.1, -0.05) is 34.1 Å². The Balaban J connectivity index is 1.21. The Bertz CT molecular complexity index is 905. The summed E-state index contributed by atoms with van der Waals surface area (Å²) in [5, 5.41) is 22.4. The molecule has 7 heteroatoms. The minimum atomic E-state index is -0.272. The standard InChI is InChI=1S/C32H54N2O5/c1-5-22-26-18-21(35)8-13-32(26,4)25-9-14-31(3)23(6-7-24(31)27(25)28(22)36)19(2)12-17-39-30(38)34-15-10-20(11-16-34)29(33)37/h19-28,35-36H,5-18H2,1-4H3,(H2,33,37)/t19-,21-,22-,23?,24+,25+,26+,27+,28-,31-,32-/m1/s1. The Hall–Kier alpha value is -1.34. The highest BCUT2D eigenvalue weighted by Crippen LogP contribution is 2.69. The average Bonchev–Trinajstić information content (AvgIpc) is 3.27. The van der Waals surface area contributed by atoms with Gasteiger partial charge in [0.2, 0.25) is 5.91 Å². The first kappa shape index (κ1) is 29.2. The van der Waals surface area contributed by atoms with Gasteiger partial charge in [-0.05, 0) is 116 Å². The number of ether oxygens (including phenoxy) is 1. The lowest BCUT2D eigenvalue weighted by atomic mass is 9.41. The zero-order valence-electron chi connectivity index (χ0n) is 24.8. The number of amides is 2. The van der Waals surface area contributed by atoms with Gasteiger partial charge < -0.3 is 25.6 Å². The van der Waals surface area contributed by atoms with Crippen molar-refractivity contribution < 1.29 is 24.5 Å². The number of carbonyl (C=O) groups is 2. The topological polar surface area (TPSA) is 113 Å². The minimum Gasteiger partial charge on any atom is -0.449 e. The molecule has 222 valence electrons. The highest BCUT2D eigenvalue weighted by molar-refractivity contribution is 5.77. The van der Waals surface area contributed by atoms with Crippen LogP contribution in [-0.4, -0.2) is 59.0 Å². The lowest BCUT2D eigenvalue weighted by molar-refractivity contribution is -0.203. The number of piperidine rings is 1. The molecule has 4 N–H and O–H groups in total. The first-order valence-electron chi connectivity index (χ1n) is 16.1. The van der Waals surface area contributed by atoms with Gasteiger partial charge in [0, 0.05) is 19.0 Å². The normalized spacial score (nSPS) is 45.1. The third-order valence-electron chi connectivity index (χ3n) is 13.1. The molecule has 5 rings (SSSR count). The quantitative estimate of drug-likeness (QED) is 0.435. The van der Waals surface area contributed by atoms with E-state index < -0.39 is 0 Å². The average molecular weight is 547 g/mol. The van der Waals surface area contributed by atoms with Gasteiger partial charge in [0.25, 0.3) is 0 Å². The van der Waals surface area contributed by atoms with E-state index in [2.05, 4.69) is 27.7 Å². The van der Waals surface area contributed by atoms with Crippen LogP contribution in [0.1, 0.15) is 98.3 Å². The van der Waals surface area contributed by atoms with Crippen molar-refractivity contribution in [3.05, 3.63) is 0 Å². The Labute approximate surface area is 235 Å². The molecule has 0 radical (unpaired) electrons. The monoisotopic (exact) mass is 546 g/mol. The fourth-order valence-corrected chi connectivity index (χ4v) is 10.9. The summed E-state index contributed by atoms with van der Waals surface area (Å²) in [6.45, 7) is 11.1. The number of carbonyl (C=O) groups excluding carboxylic acids is 2. The van der Waals surface area contributed by atoms with E-state index in [1.807, 2.05) is 0 Å². The van der Waals surface area contributed by atoms with Crippen LogP contribution in [0.25, 0.3) is 0 Å². The van der Waals surface area contributed by atoms with E-state index in [0.717, 1.165) is 32.1 Å². The van der Waals surface area contributed by atoms with Crippen LogP contribution in [0.5, 0.6) is 0 Å². The Kier molecular flexibility index (Phi) is 8.34. The molecule has 4 aliphatic carbocycles. The molecule has 11 atom stereocenters. The third kappa shape index (κ3) is 5.02. The van der Waals surface area contributed by atoms with Gasteiger partial charge in [-0.2, -0.15) is 0 Å². The van der Waals surface area contributed by atoms with Crippen molar-refractivity contribution in [2.75, 3.05) is 19.7 Å². The molecule has 1 saturated heterocycles. The Morgan fingerprint density at radius 3 is 2.31 bits per heavy atom. The van der Waals surface area contributed by atoms with Crippen LogP contribution in [0.2, 0.25) is 0 Å². The SMILES string of the molecule is CC[C@H]1[C@@H](O)[C@@H]2[C@H](CC[C@]3(C)C([C@H](C)CCOC(=O)N4CCC(C(N)=O)CC4)CC[C@@H]23)[C@@]2(C)CC[C@@H](O)C[C@@H]12. The molecule has 39 heavy (non-hydrogen) atoms. The highest BCUT2D eigenvalue weighted by atomic mass is 16.6. The number of nitrogens with two attached hydrogens (primary N) is 1. The second-order valence-corrected chi connectivity index (χ2v) is 14.7. The number of aliphatic hydroxyl groups excluding tert-OH is 2. The Morgan fingerprint density at radius 2 is 1.64 bits per heavy atom. The van der Waals surface area contributed by atoms with Gasteiger partial charge in [-0.25, -0.2) is 4.79 Å². The smallest absolute Gasteiger partial charge is 0.409 e. The van der Waals surface area contributed by atoms with Crippen molar-refractivity contribution in [1.29, 1.82) is 0 Å². The first-order valence-corrected chi connectivity index (χ1v) is 16.1. The van der Waals surface area contributed by atoms with Gasteiger partial charge in [0.05, 0.1) is 18.8 Å². The lowest BCUT2D eigenvalue weighted by Gasteiger charge is -2.64. The van der Waals surface area contributed by atoms with Crippen molar-refractivity contribution >= 4 is 12.0 Å². The summed E-state index contributed by atoms with van der Waals surface area (Å²) in [5.74, 6) is 2.83. The van der Waals surface area contributed by atoms with Gasteiger partial charge in [0.1, 0.15) is 0 Å². The van der Waals surface area contributed by atoms with Crippen molar-refractivity contribution in [2.24, 2.45) is 63.9 Å². The maximum Gasteiger partial charge on any atom is 0.409 e. The number of nitrogens with zero attached hydrogens (tertiary/aromatic N) is 1. The van der Waals surface area contributed by atoms with Crippen LogP contribution in [0, 0.1) is 58.2 Å². The lowest BCUT2D eigenvalue weighted by Crippen LogP contribution is -2.62. The van der Waals surface area contributed by atoms with Crippen LogP contribution in [0.15, 0.2) is 0 Å². The number of hydrogen-bond donors (Lipinski definition) is 3. The molecule has 0 aromatic carbocycles. The van der Waals surface area contributed by atoms with Crippen LogP contribution in [0.3, 0.4) is 0 Å². The molecule has 0 aromatic heterocycles. The van der Waals surface area contributed by atoms with E-state index in [1.54, 1.807) is 4.90 Å². The fourth-order valence-electron chi connectivity index (χ4n) is 10.9. The molecule has 2 amide bonds. The summed E-state index contributed by atoms with van der Waals surface area (Å²) in [6.07, 6.45) is 10.0. The summed E-state index contributed by atoms with van der Waals surface area (Å²) < 4.78 is 5.70. The van der Waals surface area contributed by atoms with Crippen molar-refractivity contribution in [1.82, 2.24) is 4.90 Å². The molecule has 5 fully saturated rings. The second kappa shape index (κ2) is 11.2. The molecule has 0 bridgehead atoms. The first-order chi connectivity index (χ1) is 18.5. The van der Waals surface area contributed by atoms with Gasteiger partial charge >= 0.3 is 6.09 Å². The van der Waals surface area contributed by atoms with E-state index in [0.29, 0.717) is 68.0 Å². The maximum absolute atomic E-state index is 12.6. The number of primary amides is 1. The molecular weight excluding hydrogens is 492 g/mol. The molecule has 7 nitrogen and oxygen atoms in total. The van der Waals surface area contributed by atoms with E-state index in [4.69, 9.17) is 10.5 Å². The van der Waals surface area contributed by atoms with Crippen LogP contribution in [-0.2, 0) is 9.53 Å². The third-order valence-corrected chi connectivity index (χ3v) is 13.1. The van der Waals surface area contributed by atoms with Crippen molar-refractivity contribution in [3.63, 3.8) is 0 Å². The molecule has 5 aliphatic rings. The molecule has 1 unspecified atom stereocenters. The number of hydrogen-bond acceptors (Lipinski definition) is 5. The summed E-state index contributed by atoms with van der Waals surface area (Å²) in [6, 6.07) is 0. The van der Waals surface area contributed by atoms with Crippen LogP contribution in [0.4, 0.5) is 4.79 Å². The molecule has 0 spiro atoms. The zero-order valence-corrected chi connectivity index (χ0v) is 24.8. The van der Waals surface area contributed by atoms with Gasteiger partial charge in [-0.3, -0.25) is 4.79 Å². The molecular formula is C32H54N2O5. The molecule has 1 heterocycles. The predicted molar refractivity (Wildman–Crippen MR) is 150 cm³/mol. The molecule has 1 aliphatic heterocycles. The maximum atomic E-state index is 12.6. The van der Waals surface area contributed by atoms with E-state index in [1.165, 1.54) is 25.7 Å². The number of fused-ring (bicyclic) bond motifs is 5. The highest BCUT2D eigenvalue weighted by Gasteiger charge is 2.64. The summed E-state index contributed by atoms with van der Waals surface area (Å²) in [5.41, 5.74) is 5.87. The van der Waals surface area contributed by atoms with Gasteiger partial charge in [0.15, 0.2) is 0 Å².